The molecule has 0 aliphatic carbocycles. The van der Waals surface area contributed by atoms with E-state index in [9.17, 15) is 14.4 Å². The minimum absolute atomic E-state index is 0.186. The minimum atomic E-state index is -1.36. The molecule has 0 saturated carbocycles. The van der Waals surface area contributed by atoms with Crippen molar-refractivity contribution in [1.82, 2.24) is 5.32 Å². The highest BCUT2D eigenvalue weighted by atomic mass is 16.4. The Morgan fingerprint density at radius 1 is 1.32 bits per heavy atom. The summed E-state index contributed by atoms with van der Waals surface area (Å²) in [6.07, 6.45) is 0. The number of rotatable bonds is 5. The zero-order valence-electron chi connectivity index (χ0n) is 10.2. The lowest BCUT2D eigenvalue weighted by molar-refractivity contribution is -0.140. The van der Waals surface area contributed by atoms with Crippen LogP contribution in [0.3, 0.4) is 0 Å². The van der Waals surface area contributed by atoms with Gasteiger partial charge in [-0.3, -0.25) is 9.59 Å². The van der Waals surface area contributed by atoms with Crippen LogP contribution in [0.4, 0.5) is 5.69 Å². The molecule has 2 amide bonds. The maximum absolute atomic E-state index is 11.8. The van der Waals surface area contributed by atoms with E-state index >= 15 is 0 Å². The van der Waals surface area contributed by atoms with Crippen LogP contribution < -0.4 is 10.6 Å². The van der Waals surface area contributed by atoms with E-state index in [1.54, 1.807) is 12.1 Å². The summed E-state index contributed by atoms with van der Waals surface area (Å²) in [7, 11) is 0. The van der Waals surface area contributed by atoms with E-state index in [1.807, 2.05) is 0 Å². The van der Waals surface area contributed by atoms with Gasteiger partial charge in [-0.05, 0) is 18.2 Å². The lowest BCUT2D eigenvalue weighted by Gasteiger charge is -2.12. The van der Waals surface area contributed by atoms with Gasteiger partial charge in [0.15, 0.2) is 6.04 Å². The molecule has 7 heteroatoms. The third-order valence-corrected chi connectivity index (χ3v) is 2.23. The van der Waals surface area contributed by atoms with Crippen LogP contribution in [-0.2, 0) is 9.59 Å². The Balaban J connectivity index is 2.82. The van der Waals surface area contributed by atoms with Gasteiger partial charge in [0.25, 0.3) is 5.91 Å². The zero-order valence-corrected chi connectivity index (χ0v) is 10.2. The molecule has 0 aliphatic rings. The molecule has 0 spiro atoms. The summed E-state index contributed by atoms with van der Waals surface area (Å²) in [5.74, 6) is -2.25. The SMILES string of the molecule is CC(=O)Nc1cccc(C(=O)NC(CO)C(=O)O)c1. The molecule has 4 N–H and O–H groups in total. The molecule has 19 heavy (non-hydrogen) atoms. The molecule has 102 valence electrons. The highest BCUT2D eigenvalue weighted by Gasteiger charge is 2.19. The first kappa shape index (κ1) is 14.7. The molecule has 1 atom stereocenters. The Morgan fingerprint density at radius 3 is 2.53 bits per heavy atom. The van der Waals surface area contributed by atoms with Crippen LogP contribution in [0.2, 0.25) is 0 Å². The quantitative estimate of drug-likeness (QED) is 0.590. The van der Waals surface area contributed by atoms with E-state index in [0.29, 0.717) is 5.69 Å². The Kier molecular flexibility index (Phi) is 5.01. The van der Waals surface area contributed by atoms with Crippen molar-refractivity contribution in [3.63, 3.8) is 0 Å². The number of carboxylic acids is 1. The van der Waals surface area contributed by atoms with Gasteiger partial charge in [0.2, 0.25) is 5.91 Å². The highest BCUT2D eigenvalue weighted by molar-refractivity contribution is 5.98. The first-order chi connectivity index (χ1) is 8.93. The second-order valence-electron chi connectivity index (χ2n) is 3.81. The predicted molar refractivity (Wildman–Crippen MR) is 66.7 cm³/mol. The molecule has 0 heterocycles. The summed E-state index contributed by atoms with van der Waals surface area (Å²) in [5, 5.41) is 22.2. The van der Waals surface area contributed by atoms with Gasteiger partial charge in [0.1, 0.15) is 0 Å². The summed E-state index contributed by atoms with van der Waals surface area (Å²) in [5.41, 5.74) is 0.613. The van der Waals surface area contributed by atoms with Crippen LogP contribution in [0.25, 0.3) is 0 Å². The normalized spacial score (nSPS) is 11.5. The number of carbonyl (C=O) groups excluding carboxylic acids is 2. The number of aliphatic hydroxyl groups excluding tert-OH is 1. The molecular weight excluding hydrogens is 252 g/mol. The zero-order chi connectivity index (χ0) is 14.4. The van der Waals surface area contributed by atoms with Crippen LogP contribution in [0, 0.1) is 0 Å². The molecule has 0 radical (unpaired) electrons. The minimum Gasteiger partial charge on any atom is -0.480 e. The number of carboxylic acid groups (broad SMARTS) is 1. The van der Waals surface area contributed by atoms with Crippen molar-refractivity contribution in [2.45, 2.75) is 13.0 Å². The summed E-state index contributed by atoms with van der Waals surface area (Å²) in [6, 6.07) is 4.66. The van der Waals surface area contributed by atoms with Crippen molar-refractivity contribution in [2.75, 3.05) is 11.9 Å². The van der Waals surface area contributed by atoms with Crippen molar-refractivity contribution in [1.29, 1.82) is 0 Å². The van der Waals surface area contributed by atoms with Gasteiger partial charge in [-0.1, -0.05) is 6.07 Å². The van der Waals surface area contributed by atoms with E-state index in [0.717, 1.165) is 0 Å². The van der Waals surface area contributed by atoms with Crippen molar-refractivity contribution < 1.29 is 24.6 Å². The van der Waals surface area contributed by atoms with Gasteiger partial charge < -0.3 is 20.8 Å². The van der Waals surface area contributed by atoms with Gasteiger partial charge >= 0.3 is 5.97 Å². The molecule has 1 aromatic rings. The van der Waals surface area contributed by atoms with Gasteiger partial charge in [-0.25, -0.2) is 4.79 Å². The Bertz CT molecular complexity index is 501. The van der Waals surface area contributed by atoms with Crippen molar-refractivity contribution in [3.05, 3.63) is 29.8 Å². The van der Waals surface area contributed by atoms with Crippen LogP contribution in [0.1, 0.15) is 17.3 Å². The third kappa shape index (κ3) is 4.40. The van der Waals surface area contributed by atoms with Crippen LogP contribution in [0.5, 0.6) is 0 Å². The lowest BCUT2D eigenvalue weighted by atomic mass is 10.1. The molecule has 0 aliphatic heterocycles. The molecular formula is C12H14N2O5. The van der Waals surface area contributed by atoms with Crippen molar-refractivity contribution >= 4 is 23.5 Å². The molecule has 0 aromatic heterocycles. The molecule has 1 unspecified atom stereocenters. The molecule has 0 bridgehead atoms. The number of nitrogens with one attached hydrogen (secondary N) is 2. The second-order valence-corrected chi connectivity index (χ2v) is 3.81. The predicted octanol–water partition coefficient (Wildman–Crippen LogP) is -0.180. The van der Waals surface area contributed by atoms with Crippen LogP contribution >= 0.6 is 0 Å². The highest BCUT2D eigenvalue weighted by Crippen LogP contribution is 2.10. The molecule has 7 nitrogen and oxygen atoms in total. The average molecular weight is 266 g/mol. The average Bonchev–Trinajstić information content (AvgIpc) is 2.34. The number of benzene rings is 1. The number of carbonyl (C=O) groups is 3. The summed E-state index contributed by atoms with van der Waals surface area (Å²) < 4.78 is 0. The van der Waals surface area contributed by atoms with Crippen LogP contribution in [-0.4, -0.2) is 40.6 Å². The van der Waals surface area contributed by atoms with Gasteiger partial charge in [-0.2, -0.15) is 0 Å². The monoisotopic (exact) mass is 266 g/mol. The van der Waals surface area contributed by atoms with Crippen molar-refractivity contribution in [2.24, 2.45) is 0 Å². The smallest absolute Gasteiger partial charge is 0.328 e. The maximum atomic E-state index is 11.8. The number of aliphatic carboxylic acids is 1. The fraction of sp³-hybridized carbons (Fsp3) is 0.250. The number of aliphatic hydroxyl groups is 1. The van der Waals surface area contributed by atoms with E-state index in [4.69, 9.17) is 10.2 Å². The first-order valence-corrected chi connectivity index (χ1v) is 5.46. The van der Waals surface area contributed by atoms with E-state index in [1.165, 1.54) is 19.1 Å². The van der Waals surface area contributed by atoms with E-state index < -0.39 is 24.5 Å². The Labute approximate surface area is 109 Å². The molecule has 1 rings (SSSR count). The van der Waals surface area contributed by atoms with Gasteiger partial charge in [0, 0.05) is 18.2 Å². The molecule has 0 saturated heterocycles. The number of anilines is 1. The van der Waals surface area contributed by atoms with Gasteiger partial charge in [0.05, 0.1) is 6.61 Å². The molecule has 1 aromatic carbocycles. The van der Waals surface area contributed by atoms with E-state index in [-0.39, 0.29) is 11.5 Å². The second kappa shape index (κ2) is 6.50. The van der Waals surface area contributed by atoms with E-state index in [2.05, 4.69) is 10.6 Å². The summed E-state index contributed by atoms with van der Waals surface area (Å²) in [4.78, 5) is 33.3. The Hall–Kier alpha value is -2.41. The number of hydrogen-bond donors (Lipinski definition) is 4. The standard InChI is InChI=1S/C12H14N2O5/c1-7(16)13-9-4-2-3-8(5-9)11(17)14-10(6-15)12(18)19/h2-5,10,15H,6H2,1H3,(H,13,16)(H,14,17)(H,18,19). The van der Waals surface area contributed by atoms with Crippen LogP contribution in [0.15, 0.2) is 24.3 Å². The summed E-state index contributed by atoms with van der Waals surface area (Å²) in [6.45, 7) is 0.630. The maximum Gasteiger partial charge on any atom is 0.328 e. The largest absolute Gasteiger partial charge is 0.480 e. The first-order valence-electron chi connectivity index (χ1n) is 5.46. The van der Waals surface area contributed by atoms with Gasteiger partial charge in [-0.15, -0.1) is 0 Å². The number of hydrogen-bond acceptors (Lipinski definition) is 4. The van der Waals surface area contributed by atoms with Crippen molar-refractivity contribution in [3.8, 4) is 0 Å². The number of amides is 2. The third-order valence-electron chi connectivity index (χ3n) is 2.23. The summed E-state index contributed by atoms with van der Waals surface area (Å²) >= 11 is 0. The fourth-order valence-corrected chi connectivity index (χ4v) is 1.37. The Morgan fingerprint density at radius 2 is 2.00 bits per heavy atom. The fourth-order valence-electron chi connectivity index (χ4n) is 1.37. The lowest BCUT2D eigenvalue weighted by Crippen LogP contribution is -2.43. The topological polar surface area (TPSA) is 116 Å². The molecule has 0 fully saturated rings.